The molecule has 0 atom stereocenters. The van der Waals surface area contributed by atoms with Gasteiger partial charge in [-0.2, -0.15) is 5.10 Å². The van der Waals surface area contributed by atoms with Gasteiger partial charge in [0.15, 0.2) is 0 Å². The fraction of sp³-hybridized carbons (Fsp3) is 0.300. The van der Waals surface area contributed by atoms with E-state index in [1.807, 2.05) is 38.1 Å². The number of aliphatic hydroxyl groups is 1. The average Bonchev–Trinajstić information content (AvgIpc) is 3.03. The lowest BCUT2D eigenvalue weighted by Crippen LogP contribution is -2.43. The third-order valence-corrected chi connectivity index (χ3v) is 4.85. The molecule has 1 aliphatic rings. The molecule has 3 rings (SSSR count). The van der Waals surface area contributed by atoms with Gasteiger partial charge in [0.1, 0.15) is 17.9 Å². The van der Waals surface area contributed by atoms with Crippen molar-refractivity contribution >= 4 is 17.8 Å². The average molecular weight is 398 g/mol. The largest absolute Gasteiger partial charge is 0.511 e. The van der Waals surface area contributed by atoms with E-state index in [0.717, 1.165) is 22.5 Å². The molecule has 0 aliphatic carbocycles. The van der Waals surface area contributed by atoms with Gasteiger partial charge in [-0.3, -0.25) is 14.4 Å². The number of aliphatic carboxylic acids is 1. The van der Waals surface area contributed by atoms with Gasteiger partial charge in [0.2, 0.25) is 0 Å². The van der Waals surface area contributed by atoms with Crippen LogP contribution in [0.15, 0.2) is 41.8 Å². The molecule has 2 heterocycles. The molecule has 3 N–H and O–H groups in total. The van der Waals surface area contributed by atoms with Crippen LogP contribution in [0, 0.1) is 13.8 Å². The fourth-order valence-corrected chi connectivity index (χ4v) is 3.22. The number of amides is 2. The second-order valence-electron chi connectivity index (χ2n) is 6.83. The van der Waals surface area contributed by atoms with Crippen molar-refractivity contribution in [3.63, 3.8) is 0 Å². The summed E-state index contributed by atoms with van der Waals surface area (Å²) in [6, 6.07) is 7.81. The number of carboxylic acid groups (broad SMARTS) is 1. The third-order valence-electron chi connectivity index (χ3n) is 4.85. The normalized spacial score (nSPS) is 14.3. The number of carboxylic acids is 1. The van der Waals surface area contributed by atoms with Crippen LogP contribution in [0.25, 0.3) is 5.69 Å². The van der Waals surface area contributed by atoms with E-state index in [0.29, 0.717) is 0 Å². The number of aliphatic hydroxyl groups excluding tert-OH is 1. The number of carbonyl (C=O) groups excluding carboxylic acids is 2. The number of carbonyl (C=O) groups is 3. The van der Waals surface area contributed by atoms with Crippen molar-refractivity contribution in [2.24, 2.45) is 0 Å². The molecule has 0 bridgehead atoms. The molecule has 2 amide bonds. The minimum Gasteiger partial charge on any atom is -0.511 e. The second-order valence-corrected chi connectivity index (χ2v) is 6.83. The Kier molecular flexibility index (Phi) is 5.67. The van der Waals surface area contributed by atoms with Crippen LogP contribution >= 0.6 is 0 Å². The molecular weight excluding hydrogens is 376 g/mol. The van der Waals surface area contributed by atoms with Crippen LogP contribution in [0.2, 0.25) is 0 Å². The van der Waals surface area contributed by atoms with Gasteiger partial charge in [-0.05, 0) is 25.5 Å². The van der Waals surface area contributed by atoms with E-state index in [1.54, 1.807) is 10.9 Å². The molecule has 0 saturated carbocycles. The van der Waals surface area contributed by atoms with E-state index < -0.39 is 29.9 Å². The molecule has 0 saturated heterocycles. The fourth-order valence-electron chi connectivity index (χ4n) is 3.22. The summed E-state index contributed by atoms with van der Waals surface area (Å²) >= 11 is 0. The number of rotatable bonds is 6. The predicted molar refractivity (Wildman–Crippen MR) is 103 cm³/mol. The van der Waals surface area contributed by atoms with E-state index in [-0.39, 0.29) is 25.3 Å². The van der Waals surface area contributed by atoms with Crippen molar-refractivity contribution in [1.82, 2.24) is 20.0 Å². The highest BCUT2D eigenvalue weighted by molar-refractivity contribution is 6.19. The summed E-state index contributed by atoms with van der Waals surface area (Å²) in [4.78, 5) is 37.0. The van der Waals surface area contributed by atoms with E-state index >= 15 is 0 Å². The highest BCUT2D eigenvalue weighted by Crippen LogP contribution is 2.23. The second kappa shape index (κ2) is 8.17. The maximum atomic E-state index is 12.7. The first-order valence-corrected chi connectivity index (χ1v) is 9.10. The Balaban J connectivity index is 1.80. The van der Waals surface area contributed by atoms with Crippen LogP contribution in [0.1, 0.15) is 23.2 Å². The van der Waals surface area contributed by atoms with Gasteiger partial charge in [-0.25, -0.2) is 4.68 Å². The number of aryl methyl sites for hydroxylation is 1. The third kappa shape index (κ3) is 4.13. The van der Waals surface area contributed by atoms with Crippen molar-refractivity contribution in [3.05, 3.63) is 58.6 Å². The van der Waals surface area contributed by atoms with E-state index in [1.165, 1.54) is 4.90 Å². The molecule has 0 spiro atoms. The Morgan fingerprint density at radius 2 is 1.97 bits per heavy atom. The zero-order chi connectivity index (χ0) is 21.1. The number of nitrogens with one attached hydrogen (secondary N) is 1. The monoisotopic (exact) mass is 398 g/mol. The number of benzene rings is 1. The van der Waals surface area contributed by atoms with E-state index in [4.69, 9.17) is 5.11 Å². The summed E-state index contributed by atoms with van der Waals surface area (Å²) in [5, 5.41) is 25.2. The molecule has 1 aliphatic heterocycles. The first kappa shape index (κ1) is 20.1. The summed E-state index contributed by atoms with van der Waals surface area (Å²) < 4.78 is 1.80. The Morgan fingerprint density at radius 1 is 1.24 bits per heavy atom. The lowest BCUT2D eigenvalue weighted by atomic mass is 10.0. The van der Waals surface area contributed by atoms with Gasteiger partial charge in [0.05, 0.1) is 11.9 Å². The van der Waals surface area contributed by atoms with Crippen LogP contribution in [0.4, 0.5) is 0 Å². The standard InChI is InChI=1S/C20H22N4O5/c1-12-5-3-4-6-15(12)24-13(2)14(9-22-24)11-23-8-7-16(25)18(20(23)29)19(28)21-10-17(26)27/h3-6,9,25H,7-8,10-11H2,1-2H3,(H,21,28)(H,26,27). The molecule has 2 aromatic rings. The SMILES string of the molecule is Cc1ccccc1-n1ncc(CN2CCC(O)=C(C(=O)NCC(=O)O)C2=O)c1C. The quantitative estimate of drug-likeness (QED) is 0.629. The number of hydrogen-bond acceptors (Lipinski definition) is 5. The van der Waals surface area contributed by atoms with E-state index in [2.05, 4.69) is 10.4 Å². The first-order valence-electron chi connectivity index (χ1n) is 9.10. The molecule has 9 nitrogen and oxygen atoms in total. The number of aromatic nitrogens is 2. The van der Waals surface area contributed by atoms with Crippen molar-refractivity contribution in [1.29, 1.82) is 0 Å². The Hall–Kier alpha value is -3.62. The maximum Gasteiger partial charge on any atom is 0.322 e. The molecule has 9 heteroatoms. The summed E-state index contributed by atoms with van der Waals surface area (Å²) in [5.41, 5.74) is 3.26. The lowest BCUT2D eigenvalue weighted by Gasteiger charge is -2.28. The van der Waals surface area contributed by atoms with Crippen molar-refractivity contribution < 1.29 is 24.6 Å². The smallest absolute Gasteiger partial charge is 0.322 e. The molecule has 1 aromatic carbocycles. The molecule has 0 radical (unpaired) electrons. The lowest BCUT2D eigenvalue weighted by molar-refractivity contribution is -0.138. The number of nitrogens with zero attached hydrogens (tertiary/aromatic N) is 3. The van der Waals surface area contributed by atoms with Gasteiger partial charge in [0, 0.05) is 30.8 Å². The molecule has 0 fully saturated rings. The van der Waals surface area contributed by atoms with Crippen molar-refractivity contribution in [3.8, 4) is 5.69 Å². The summed E-state index contributed by atoms with van der Waals surface area (Å²) in [7, 11) is 0. The maximum absolute atomic E-state index is 12.7. The molecule has 29 heavy (non-hydrogen) atoms. The zero-order valence-electron chi connectivity index (χ0n) is 16.2. The van der Waals surface area contributed by atoms with Gasteiger partial charge in [0.25, 0.3) is 11.8 Å². The van der Waals surface area contributed by atoms with Crippen LogP contribution in [0.3, 0.4) is 0 Å². The first-order chi connectivity index (χ1) is 13.8. The van der Waals surface area contributed by atoms with Crippen LogP contribution < -0.4 is 5.32 Å². The van der Waals surface area contributed by atoms with Gasteiger partial charge >= 0.3 is 5.97 Å². The number of para-hydroxylation sites is 1. The highest BCUT2D eigenvalue weighted by atomic mass is 16.4. The topological polar surface area (TPSA) is 125 Å². The highest BCUT2D eigenvalue weighted by Gasteiger charge is 2.32. The summed E-state index contributed by atoms with van der Waals surface area (Å²) in [6.45, 7) is 3.72. The van der Waals surface area contributed by atoms with Crippen molar-refractivity contribution in [2.45, 2.75) is 26.8 Å². The van der Waals surface area contributed by atoms with Crippen molar-refractivity contribution in [2.75, 3.05) is 13.1 Å². The predicted octanol–water partition coefficient (Wildman–Crippen LogP) is 1.23. The number of hydrogen-bond donors (Lipinski definition) is 3. The van der Waals surface area contributed by atoms with Gasteiger partial charge in [-0.15, -0.1) is 0 Å². The van der Waals surface area contributed by atoms with E-state index in [9.17, 15) is 19.5 Å². The summed E-state index contributed by atoms with van der Waals surface area (Å²) in [6.07, 6.45) is 1.80. The molecule has 152 valence electrons. The Labute approximate surface area is 167 Å². The van der Waals surface area contributed by atoms with Gasteiger partial charge in [-0.1, -0.05) is 18.2 Å². The van der Waals surface area contributed by atoms with Crippen LogP contribution in [-0.4, -0.2) is 55.8 Å². The van der Waals surface area contributed by atoms with Gasteiger partial charge < -0.3 is 20.4 Å². The molecular formula is C20H22N4O5. The molecule has 0 unspecified atom stereocenters. The summed E-state index contributed by atoms with van der Waals surface area (Å²) in [5.74, 6) is -3.11. The zero-order valence-corrected chi connectivity index (χ0v) is 16.2. The minimum atomic E-state index is -1.24. The van der Waals surface area contributed by atoms with Crippen LogP contribution in [0.5, 0.6) is 0 Å². The Morgan fingerprint density at radius 3 is 2.66 bits per heavy atom. The minimum absolute atomic E-state index is 0.118. The Bertz CT molecular complexity index is 1010. The van der Waals surface area contributed by atoms with Crippen LogP contribution in [-0.2, 0) is 20.9 Å². The molecule has 1 aromatic heterocycles.